The van der Waals surface area contributed by atoms with Crippen LogP contribution in [0.25, 0.3) is 0 Å². The number of nitrogens with one attached hydrogen (secondary N) is 1. The highest BCUT2D eigenvalue weighted by atomic mass is 16.5. The molecule has 3 rings (SSSR count). The molecular weight excluding hydrogens is 358 g/mol. The molecule has 0 aliphatic carbocycles. The summed E-state index contributed by atoms with van der Waals surface area (Å²) >= 11 is 0. The number of carbonyl (C=O) groups excluding carboxylic acids is 2. The maximum Gasteiger partial charge on any atom is 0.340 e. The lowest BCUT2D eigenvalue weighted by molar-refractivity contribution is 0.0319. The summed E-state index contributed by atoms with van der Waals surface area (Å²) in [6.45, 7) is 1.99. The molecular formula is C22H21NO5. The summed E-state index contributed by atoms with van der Waals surface area (Å²) in [5.41, 5.74) is 1.40. The predicted molar refractivity (Wildman–Crippen MR) is 105 cm³/mol. The molecule has 0 aliphatic heterocycles. The SMILES string of the molecule is COc1ccc(C(=O)[C@@H](C)OC(=O)c2ccccc2NCc2ccco2)cc1. The Balaban J connectivity index is 1.67. The number of esters is 1. The Morgan fingerprint density at radius 1 is 1.04 bits per heavy atom. The standard InChI is InChI=1S/C22H21NO5/c1-15(21(24)16-9-11-17(26-2)12-10-16)28-22(25)19-7-3-4-8-20(19)23-14-18-6-5-13-27-18/h3-13,15,23H,14H2,1-2H3/t15-/m1/s1. The molecule has 0 saturated heterocycles. The van der Waals surface area contributed by atoms with Crippen molar-refractivity contribution in [3.63, 3.8) is 0 Å². The van der Waals surface area contributed by atoms with Gasteiger partial charge in [-0.1, -0.05) is 12.1 Å². The number of hydrogen-bond acceptors (Lipinski definition) is 6. The molecule has 3 aromatic rings. The number of hydrogen-bond donors (Lipinski definition) is 1. The van der Waals surface area contributed by atoms with Crippen LogP contribution >= 0.6 is 0 Å². The van der Waals surface area contributed by atoms with E-state index in [9.17, 15) is 9.59 Å². The fourth-order valence-corrected chi connectivity index (χ4v) is 2.68. The predicted octanol–water partition coefficient (Wildman–Crippen LogP) is 4.33. The Kier molecular flexibility index (Phi) is 6.11. The van der Waals surface area contributed by atoms with Gasteiger partial charge >= 0.3 is 5.97 Å². The molecule has 0 aliphatic rings. The first-order chi connectivity index (χ1) is 13.6. The summed E-state index contributed by atoms with van der Waals surface area (Å²) in [4.78, 5) is 25.1. The van der Waals surface area contributed by atoms with E-state index in [2.05, 4.69) is 5.32 Å². The zero-order chi connectivity index (χ0) is 19.9. The molecule has 0 radical (unpaired) electrons. The number of anilines is 1. The van der Waals surface area contributed by atoms with Gasteiger partial charge in [0.2, 0.25) is 5.78 Å². The second kappa shape index (κ2) is 8.90. The molecule has 6 heteroatoms. The van der Waals surface area contributed by atoms with Crippen LogP contribution in [0, 0.1) is 0 Å². The normalized spacial score (nSPS) is 11.5. The fraction of sp³-hybridized carbons (Fsp3) is 0.182. The van der Waals surface area contributed by atoms with Crippen molar-refractivity contribution in [2.75, 3.05) is 12.4 Å². The third-order valence-corrected chi connectivity index (χ3v) is 4.21. The van der Waals surface area contributed by atoms with Crippen LogP contribution in [-0.4, -0.2) is 25.0 Å². The van der Waals surface area contributed by atoms with Crippen LogP contribution in [0.3, 0.4) is 0 Å². The van der Waals surface area contributed by atoms with Gasteiger partial charge in [0.25, 0.3) is 0 Å². The summed E-state index contributed by atoms with van der Waals surface area (Å²) in [6, 6.07) is 17.3. The second-order valence-corrected chi connectivity index (χ2v) is 6.12. The molecule has 1 aromatic heterocycles. The van der Waals surface area contributed by atoms with Gasteiger partial charge in [0.05, 0.1) is 25.5 Å². The molecule has 1 heterocycles. The van der Waals surface area contributed by atoms with Crippen molar-refractivity contribution in [3.8, 4) is 5.75 Å². The van der Waals surface area contributed by atoms with Crippen molar-refractivity contribution < 1.29 is 23.5 Å². The first kappa shape index (κ1) is 19.2. The molecule has 0 saturated carbocycles. The molecule has 2 aromatic carbocycles. The topological polar surface area (TPSA) is 77.8 Å². The molecule has 0 fully saturated rings. The van der Waals surface area contributed by atoms with Gasteiger partial charge in [-0.3, -0.25) is 4.79 Å². The molecule has 0 unspecified atom stereocenters. The van der Waals surface area contributed by atoms with Gasteiger partial charge in [0, 0.05) is 11.3 Å². The second-order valence-electron chi connectivity index (χ2n) is 6.12. The van der Waals surface area contributed by atoms with Crippen LogP contribution in [0.5, 0.6) is 5.75 Å². The summed E-state index contributed by atoms with van der Waals surface area (Å²) in [5, 5.41) is 3.15. The van der Waals surface area contributed by atoms with Gasteiger partial charge in [-0.2, -0.15) is 0 Å². The minimum Gasteiger partial charge on any atom is -0.497 e. The van der Waals surface area contributed by atoms with E-state index in [1.165, 1.54) is 0 Å². The lowest BCUT2D eigenvalue weighted by atomic mass is 10.1. The highest BCUT2D eigenvalue weighted by molar-refractivity contribution is 6.02. The van der Waals surface area contributed by atoms with Crippen molar-refractivity contribution in [2.24, 2.45) is 0 Å². The number of para-hydroxylation sites is 1. The number of methoxy groups -OCH3 is 1. The third-order valence-electron chi connectivity index (χ3n) is 4.21. The summed E-state index contributed by atoms with van der Waals surface area (Å²) in [7, 11) is 1.55. The van der Waals surface area contributed by atoms with E-state index in [1.54, 1.807) is 68.8 Å². The van der Waals surface area contributed by atoms with E-state index in [-0.39, 0.29) is 5.78 Å². The van der Waals surface area contributed by atoms with Crippen molar-refractivity contribution >= 4 is 17.4 Å². The average Bonchev–Trinajstić information content (AvgIpc) is 3.25. The quantitative estimate of drug-likeness (QED) is 0.464. The Labute approximate surface area is 163 Å². The van der Waals surface area contributed by atoms with Crippen LogP contribution in [0.1, 0.15) is 33.4 Å². The fourth-order valence-electron chi connectivity index (χ4n) is 2.68. The number of rotatable bonds is 8. The van der Waals surface area contributed by atoms with Crippen molar-refractivity contribution in [2.45, 2.75) is 19.6 Å². The van der Waals surface area contributed by atoms with E-state index in [1.807, 2.05) is 12.1 Å². The van der Waals surface area contributed by atoms with E-state index >= 15 is 0 Å². The average molecular weight is 379 g/mol. The lowest BCUT2D eigenvalue weighted by Crippen LogP contribution is -2.25. The van der Waals surface area contributed by atoms with Gasteiger partial charge in [-0.15, -0.1) is 0 Å². The molecule has 6 nitrogen and oxygen atoms in total. The smallest absolute Gasteiger partial charge is 0.340 e. The molecule has 0 amide bonds. The minimum absolute atomic E-state index is 0.281. The highest BCUT2D eigenvalue weighted by Gasteiger charge is 2.22. The Bertz CT molecular complexity index is 932. The van der Waals surface area contributed by atoms with Gasteiger partial charge in [-0.05, 0) is 55.5 Å². The van der Waals surface area contributed by atoms with Crippen molar-refractivity contribution in [1.29, 1.82) is 0 Å². The largest absolute Gasteiger partial charge is 0.497 e. The number of furan rings is 1. The van der Waals surface area contributed by atoms with Gasteiger partial charge in [-0.25, -0.2) is 4.79 Å². The molecule has 1 N–H and O–H groups in total. The van der Waals surface area contributed by atoms with E-state index in [0.29, 0.717) is 29.1 Å². The van der Waals surface area contributed by atoms with Crippen molar-refractivity contribution in [1.82, 2.24) is 0 Å². The van der Waals surface area contributed by atoms with Gasteiger partial charge < -0.3 is 19.2 Å². The first-order valence-electron chi connectivity index (χ1n) is 8.83. The van der Waals surface area contributed by atoms with E-state index < -0.39 is 12.1 Å². The van der Waals surface area contributed by atoms with Crippen LogP contribution < -0.4 is 10.1 Å². The Hall–Kier alpha value is -3.54. The van der Waals surface area contributed by atoms with Crippen LogP contribution in [-0.2, 0) is 11.3 Å². The van der Waals surface area contributed by atoms with Crippen molar-refractivity contribution in [3.05, 3.63) is 83.8 Å². The number of Topliss-reactive ketones (excluding diaryl/α,β-unsaturated/α-hetero) is 1. The first-order valence-corrected chi connectivity index (χ1v) is 8.83. The van der Waals surface area contributed by atoms with Crippen LogP contribution in [0.2, 0.25) is 0 Å². The van der Waals surface area contributed by atoms with Crippen LogP contribution in [0.15, 0.2) is 71.3 Å². The molecule has 0 bridgehead atoms. The molecule has 28 heavy (non-hydrogen) atoms. The minimum atomic E-state index is -0.918. The summed E-state index contributed by atoms with van der Waals surface area (Å²) in [6.07, 6.45) is 0.669. The monoisotopic (exact) mass is 379 g/mol. The van der Waals surface area contributed by atoms with Gasteiger partial charge in [0.15, 0.2) is 6.10 Å². The maximum absolute atomic E-state index is 12.6. The molecule has 0 spiro atoms. The number of carbonyl (C=O) groups is 2. The van der Waals surface area contributed by atoms with Crippen LogP contribution in [0.4, 0.5) is 5.69 Å². The van der Waals surface area contributed by atoms with E-state index in [4.69, 9.17) is 13.9 Å². The zero-order valence-electron chi connectivity index (χ0n) is 15.7. The highest BCUT2D eigenvalue weighted by Crippen LogP contribution is 2.19. The molecule has 1 atom stereocenters. The third kappa shape index (κ3) is 4.59. The number of benzene rings is 2. The number of ether oxygens (including phenoxy) is 2. The van der Waals surface area contributed by atoms with Gasteiger partial charge in [0.1, 0.15) is 11.5 Å². The Morgan fingerprint density at radius 3 is 2.46 bits per heavy atom. The summed E-state index contributed by atoms with van der Waals surface area (Å²) in [5.74, 6) is 0.540. The van der Waals surface area contributed by atoms with E-state index in [0.717, 1.165) is 5.76 Å². The lowest BCUT2D eigenvalue weighted by Gasteiger charge is -2.15. The maximum atomic E-state index is 12.6. The Morgan fingerprint density at radius 2 is 1.79 bits per heavy atom. The molecule has 144 valence electrons. The number of ketones is 1. The summed E-state index contributed by atoms with van der Waals surface area (Å²) < 4.78 is 15.8. The zero-order valence-corrected chi connectivity index (χ0v) is 15.7.